The molecular formula is C10H11N3OS2. The van der Waals surface area contributed by atoms with Crippen LogP contribution in [-0.2, 0) is 4.79 Å². The molecule has 2 rings (SSSR count). The zero-order valence-corrected chi connectivity index (χ0v) is 10.4. The number of rotatable bonds is 4. The van der Waals surface area contributed by atoms with Gasteiger partial charge < -0.3 is 5.32 Å². The first kappa shape index (κ1) is 11.3. The van der Waals surface area contributed by atoms with Crippen LogP contribution in [0.5, 0.6) is 0 Å². The Morgan fingerprint density at radius 1 is 1.56 bits per heavy atom. The topological polar surface area (TPSA) is 54.9 Å². The summed E-state index contributed by atoms with van der Waals surface area (Å²) < 4.78 is 1.05. The van der Waals surface area contributed by atoms with Crippen LogP contribution in [0.2, 0.25) is 0 Å². The molecule has 0 atom stereocenters. The van der Waals surface area contributed by atoms with Crippen LogP contribution in [0.3, 0.4) is 0 Å². The molecule has 6 heteroatoms. The lowest BCUT2D eigenvalue weighted by Crippen LogP contribution is -2.24. The van der Waals surface area contributed by atoms with Gasteiger partial charge in [0, 0.05) is 6.54 Å². The van der Waals surface area contributed by atoms with E-state index in [1.807, 2.05) is 18.4 Å². The molecule has 0 saturated heterocycles. The maximum atomic E-state index is 11.3. The second-order valence-electron chi connectivity index (χ2n) is 3.06. The second kappa shape index (κ2) is 5.27. The molecule has 2 aromatic rings. The van der Waals surface area contributed by atoms with Gasteiger partial charge in [-0.1, -0.05) is 11.8 Å². The number of hydrogen-bond donors (Lipinski definition) is 1. The predicted octanol–water partition coefficient (Wildman–Crippen LogP) is 1.92. The Labute approximate surface area is 101 Å². The summed E-state index contributed by atoms with van der Waals surface area (Å²) in [7, 11) is 0. The molecular weight excluding hydrogens is 242 g/mol. The van der Waals surface area contributed by atoms with Gasteiger partial charge in [0.1, 0.15) is 11.4 Å². The summed E-state index contributed by atoms with van der Waals surface area (Å²) in [6, 6.07) is 1.96. The lowest BCUT2D eigenvalue weighted by molar-refractivity contribution is -0.118. The van der Waals surface area contributed by atoms with E-state index in [-0.39, 0.29) is 5.91 Å². The molecule has 2 aromatic heterocycles. The molecule has 16 heavy (non-hydrogen) atoms. The van der Waals surface area contributed by atoms with Crippen molar-refractivity contribution in [3.63, 3.8) is 0 Å². The average molecular weight is 253 g/mol. The van der Waals surface area contributed by atoms with E-state index in [2.05, 4.69) is 15.3 Å². The molecule has 0 aliphatic rings. The van der Waals surface area contributed by atoms with Crippen LogP contribution in [0.25, 0.3) is 10.2 Å². The van der Waals surface area contributed by atoms with Crippen molar-refractivity contribution < 1.29 is 4.79 Å². The van der Waals surface area contributed by atoms with Crippen molar-refractivity contribution in [2.75, 3.05) is 12.3 Å². The molecule has 84 valence electrons. The molecule has 0 radical (unpaired) electrons. The maximum Gasteiger partial charge on any atom is 0.230 e. The van der Waals surface area contributed by atoms with Crippen LogP contribution in [0, 0.1) is 0 Å². The second-order valence-corrected chi connectivity index (χ2v) is 4.94. The van der Waals surface area contributed by atoms with E-state index in [0.29, 0.717) is 12.3 Å². The zero-order chi connectivity index (χ0) is 11.4. The van der Waals surface area contributed by atoms with Crippen molar-refractivity contribution in [2.24, 2.45) is 0 Å². The van der Waals surface area contributed by atoms with E-state index >= 15 is 0 Å². The van der Waals surface area contributed by atoms with E-state index in [1.54, 1.807) is 11.3 Å². The number of carbonyl (C=O) groups is 1. The molecule has 0 saturated carbocycles. The molecule has 1 N–H and O–H groups in total. The SMILES string of the molecule is CCNC(=O)CSc1ncnc2ccsc12. The summed E-state index contributed by atoms with van der Waals surface area (Å²) in [6.45, 7) is 2.57. The molecule has 0 unspecified atom stereocenters. The fourth-order valence-corrected chi connectivity index (χ4v) is 3.03. The average Bonchev–Trinajstić information content (AvgIpc) is 2.75. The summed E-state index contributed by atoms with van der Waals surface area (Å²) in [5.74, 6) is 0.438. The number of hydrogen-bond acceptors (Lipinski definition) is 5. The normalized spacial score (nSPS) is 10.6. The van der Waals surface area contributed by atoms with Crippen molar-refractivity contribution in [3.8, 4) is 0 Å². The molecule has 0 aliphatic carbocycles. The Morgan fingerprint density at radius 3 is 3.25 bits per heavy atom. The number of nitrogens with one attached hydrogen (secondary N) is 1. The largest absolute Gasteiger partial charge is 0.356 e. The summed E-state index contributed by atoms with van der Waals surface area (Å²) >= 11 is 3.05. The van der Waals surface area contributed by atoms with Gasteiger partial charge in [-0.3, -0.25) is 4.79 Å². The van der Waals surface area contributed by atoms with Gasteiger partial charge >= 0.3 is 0 Å². The number of aromatic nitrogens is 2. The van der Waals surface area contributed by atoms with E-state index < -0.39 is 0 Å². The summed E-state index contributed by atoms with van der Waals surface area (Å²) in [5.41, 5.74) is 0.943. The quantitative estimate of drug-likeness (QED) is 0.668. The minimum Gasteiger partial charge on any atom is -0.356 e. The number of fused-ring (bicyclic) bond motifs is 1. The number of thioether (sulfide) groups is 1. The minimum absolute atomic E-state index is 0.0378. The van der Waals surface area contributed by atoms with Crippen molar-refractivity contribution in [3.05, 3.63) is 17.8 Å². The van der Waals surface area contributed by atoms with E-state index in [0.717, 1.165) is 15.2 Å². The van der Waals surface area contributed by atoms with E-state index in [1.165, 1.54) is 18.1 Å². The summed E-state index contributed by atoms with van der Waals surface area (Å²) in [5, 5.41) is 5.62. The van der Waals surface area contributed by atoms with Crippen LogP contribution in [-0.4, -0.2) is 28.2 Å². The molecule has 0 aliphatic heterocycles. The van der Waals surface area contributed by atoms with Crippen molar-refractivity contribution in [2.45, 2.75) is 11.9 Å². The molecule has 0 spiro atoms. The third-order valence-corrected chi connectivity index (χ3v) is 3.95. The van der Waals surface area contributed by atoms with Gasteiger partial charge in [0.15, 0.2) is 0 Å². The molecule has 0 fully saturated rings. The Bertz CT molecular complexity index is 498. The van der Waals surface area contributed by atoms with Crippen LogP contribution in [0.4, 0.5) is 0 Å². The van der Waals surface area contributed by atoms with Crippen molar-refractivity contribution >= 4 is 39.2 Å². The fourth-order valence-electron chi connectivity index (χ4n) is 1.25. The standard InChI is InChI=1S/C10H11N3OS2/c1-2-11-8(14)5-16-10-9-7(3-4-15-9)12-6-13-10/h3-4,6H,2,5H2,1H3,(H,11,14). The highest BCUT2D eigenvalue weighted by Gasteiger charge is 2.07. The fraction of sp³-hybridized carbons (Fsp3) is 0.300. The monoisotopic (exact) mass is 253 g/mol. The van der Waals surface area contributed by atoms with Crippen LogP contribution >= 0.6 is 23.1 Å². The Morgan fingerprint density at radius 2 is 2.44 bits per heavy atom. The molecule has 1 amide bonds. The Hall–Kier alpha value is -1.14. The van der Waals surface area contributed by atoms with Gasteiger partial charge in [-0.05, 0) is 18.4 Å². The van der Waals surface area contributed by atoms with Crippen LogP contribution < -0.4 is 5.32 Å². The van der Waals surface area contributed by atoms with Crippen LogP contribution in [0.1, 0.15) is 6.92 Å². The molecule has 2 heterocycles. The first-order valence-corrected chi connectivity index (χ1v) is 6.75. The third-order valence-electron chi connectivity index (χ3n) is 1.92. The number of nitrogens with zero attached hydrogens (tertiary/aromatic N) is 2. The number of thiophene rings is 1. The number of amides is 1. The number of carbonyl (C=O) groups excluding carboxylic acids is 1. The van der Waals surface area contributed by atoms with E-state index in [4.69, 9.17) is 0 Å². The van der Waals surface area contributed by atoms with Gasteiger partial charge in [0.2, 0.25) is 5.91 Å². The van der Waals surface area contributed by atoms with Crippen molar-refractivity contribution in [1.82, 2.24) is 15.3 Å². The molecule has 4 nitrogen and oxygen atoms in total. The van der Waals surface area contributed by atoms with Gasteiger partial charge in [0.05, 0.1) is 16.0 Å². The van der Waals surface area contributed by atoms with Gasteiger partial charge in [-0.25, -0.2) is 9.97 Å². The van der Waals surface area contributed by atoms with E-state index in [9.17, 15) is 4.79 Å². The Kier molecular flexibility index (Phi) is 3.74. The first-order valence-electron chi connectivity index (χ1n) is 4.89. The summed E-state index contributed by atoms with van der Waals surface area (Å²) in [6.07, 6.45) is 1.54. The highest BCUT2D eigenvalue weighted by molar-refractivity contribution is 8.00. The lowest BCUT2D eigenvalue weighted by atomic mass is 10.5. The van der Waals surface area contributed by atoms with Crippen LogP contribution in [0.15, 0.2) is 22.8 Å². The van der Waals surface area contributed by atoms with Gasteiger partial charge in [-0.2, -0.15) is 0 Å². The van der Waals surface area contributed by atoms with Crippen molar-refractivity contribution in [1.29, 1.82) is 0 Å². The van der Waals surface area contributed by atoms with Gasteiger partial charge in [0.25, 0.3) is 0 Å². The third kappa shape index (κ3) is 2.51. The minimum atomic E-state index is 0.0378. The zero-order valence-electron chi connectivity index (χ0n) is 8.77. The first-order chi connectivity index (χ1) is 7.81. The predicted molar refractivity (Wildman–Crippen MR) is 66.8 cm³/mol. The summed E-state index contributed by atoms with van der Waals surface area (Å²) in [4.78, 5) is 19.7. The highest BCUT2D eigenvalue weighted by Crippen LogP contribution is 2.28. The smallest absolute Gasteiger partial charge is 0.230 e. The lowest BCUT2D eigenvalue weighted by Gasteiger charge is -2.02. The Balaban J connectivity index is 2.09. The van der Waals surface area contributed by atoms with Gasteiger partial charge in [-0.15, -0.1) is 11.3 Å². The maximum absolute atomic E-state index is 11.3. The highest BCUT2D eigenvalue weighted by atomic mass is 32.2. The molecule has 0 bridgehead atoms. The molecule has 0 aromatic carbocycles.